The molecule has 0 fully saturated rings. The molecule has 8 nitrogen and oxygen atoms in total. The third-order valence-electron chi connectivity index (χ3n) is 3.88. The third kappa shape index (κ3) is 9.26. The second-order valence-electron chi connectivity index (χ2n) is 9.10. The number of rotatable bonds is 7. The van der Waals surface area contributed by atoms with Gasteiger partial charge in [-0.25, -0.2) is 14.4 Å². The van der Waals surface area contributed by atoms with E-state index in [1.807, 2.05) is 30.3 Å². The molecule has 0 aliphatic carbocycles. The molecule has 1 aromatic rings. The molecule has 2 amide bonds. The van der Waals surface area contributed by atoms with Crippen LogP contribution in [0.2, 0.25) is 0 Å². The molecular formula is C22H33NO7. The van der Waals surface area contributed by atoms with Crippen LogP contribution in [0, 0.1) is 0 Å². The quantitative estimate of drug-likeness (QED) is 0.681. The number of aliphatic hydroxyl groups excluding tert-OH is 1. The van der Waals surface area contributed by atoms with Crippen LogP contribution in [0.15, 0.2) is 30.3 Å². The van der Waals surface area contributed by atoms with Crippen molar-refractivity contribution in [3.05, 3.63) is 35.9 Å². The number of carboxylic acid groups (broad SMARTS) is 1. The molecule has 0 aromatic heterocycles. The number of amides is 2. The van der Waals surface area contributed by atoms with Crippen molar-refractivity contribution in [3.63, 3.8) is 0 Å². The van der Waals surface area contributed by atoms with Gasteiger partial charge in [0.25, 0.3) is 0 Å². The number of aryl methyl sites for hydroxylation is 1. The molecule has 30 heavy (non-hydrogen) atoms. The highest BCUT2D eigenvalue weighted by atomic mass is 16.6. The minimum absolute atomic E-state index is 0.268. The summed E-state index contributed by atoms with van der Waals surface area (Å²) in [4.78, 5) is 37.7. The van der Waals surface area contributed by atoms with Gasteiger partial charge in [0.1, 0.15) is 17.2 Å². The average Bonchev–Trinajstić information content (AvgIpc) is 2.57. The topological polar surface area (TPSA) is 113 Å². The smallest absolute Gasteiger partial charge is 0.420 e. The van der Waals surface area contributed by atoms with E-state index in [0.29, 0.717) is 11.3 Å². The minimum atomic E-state index is -1.64. The Balaban J connectivity index is 3.02. The summed E-state index contributed by atoms with van der Waals surface area (Å²) in [5, 5.41) is 20.1. The van der Waals surface area contributed by atoms with Crippen LogP contribution in [-0.4, -0.2) is 56.6 Å². The van der Waals surface area contributed by atoms with Crippen molar-refractivity contribution >= 4 is 18.2 Å². The third-order valence-corrected chi connectivity index (χ3v) is 3.88. The van der Waals surface area contributed by atoms with Gasteiger partial charge in [-0.3, -0.25) is 0 Å². The first-order chi connectivity index (χ1) is 13.7. The first-order valence-corrected chi connectivity index (χ1v) is 9.89. The number of carboxylic acids is 1. The van der Waals surface area contributed by atoms with Crippen LogP contribution in [0.5, 0.6) is 0 Å². The molecule has 0 bridgehead atoms. The highest BCUT2D eigenvalue weighted by molar-refractivity contribution is 5.93. The summed E-state index contributed by atoms with van der Waals surface area (Å²) < 4.78 is 10.4. The maximum Gasteiger partial charge on any atom is 0.420 e. The fourth-order valence-electron chi connectivity index (χ4n) is 2.62. The van der Waals surface area contributed by atoms with E-state index in [1.54, 1.807) is 41.5 Å². The van der Waals surface area contributed by atoms with Crippen LogP contribution in [-0.2, 0) is 20.7 Å². The summed E-state index contributed by atoms with van der Waals surface area (Å²) in [6, 6.07) is 7.77. The molecule has 0 aliphatic rings. The number of benzene rings is 1. The zero-order valence-electron chi connectivity index (χ0n) is 18.5. The van der Waals surface area contributed by atoms with E-state index >= 15 is 0 Å². The van der Waals surface area contributed by atoms with Crippen molar-refractivity contribution in [2.75, 3.05) is 0 Å². The van der Waals surface area contributed by atoms with E-state index in [-0.39, 0.29) is 12.8 Å². The Bertz CT molecular complexity index is 691. The predicted octanol–water partition coefficient (Wildman–Crippen LogP) is 4.00. The zero-order valence-corrected chi connectivity index (χ0v) is 18.5. The molecule has 2 atom stereocenters. The highest BCUT2D eigenvalue weighted by Gasteiger charge is 2.41. The van der Waals surface area contributed by atoms with Gasteiger partial charge >= 0.3 is 18.2 Å². The molecule has 0 saturated carbocycles. The van der Waals surface area contributed by atoms with Gasteiger partial charge in [-0.15, -0.1) is 0 Å². The zero-order chi connectivity index (χ0) is 23.1. The van der Waals surface area contributed by atoms with Gasteiger partial charge in [-0.05, 0) is 59.9 Å². The maximum atomic E-state index is 12.7. The molecule has 0 radical (unpaired) electrons. The second kappa shape index (κ2) is 10.4. The summed E-state index contributed by atoms with van der Waals surface area (Å²) in [5.41, 5.74) is -0.918. The number of hydrogen-bond donors (Lipinski definition) is 2. The Kier molecular flexibility index (Phi) is 8.84. The van der Waals surface area contributed by atoms with Crippen molar-refractivity contribution in [3.8, 4) is 0 Å². The standard InChI is InChI=1S/C22H33NO7/c1-21(2,3)29-19(27)23(20(28)30-22(4,5)6)17(18(25)26)14-16(24)13-12-15-10-8-7-9-11-15/h7-11,16-17,24H,12-14H2,1-6H3,(H,25,26). The van der Waals surface area contributed by atoms with Crippen LogP contribution in [0.1, 0.15) is 59.9 Å². The first kappa shape index (κ1) is 25.4. The van der Waals surface area contributed by atoms with Gasteiger partial charge in [-0.1, -0.05) is 30.3 Å². The number of carbonyl (C=O) groups is 3. The average molecular weight is 424 g/mol. The summed E-state index contributed by atoms with van der Waals surface area (Å²) in [6.07, 6.45) is -2.89. The van der Waals surface area contributed by atoms with Gasteiger partial charge in [0.2, 0.25) is 0 Å². The van der Waals surface area contributed by atoms with Crippen molar-refractivity contribution in [1.29, 1.82) is 0 Å². The molecule has 0 spiro atoms. The molecule has 2 N–H and O–H groups in total. The number of nitrogens with zero attached hydrogens (tertiary/aromatic N) is 1. The van der Waals surface area contributed by atoms with Gasteiger partial charge in [0, 0.05) is 6.42 Å². The molecule has 1 aromatic carbocycles. The van der Waals surface area contributed by atoms with Gasteiger partial charge in [-0.2, -0.15) is 4.90 Å². The molecule has 0 saturated heterocycles. The van der Waals surface area contributed by atoms with E-state index in [4.69, 9.17) is 9.47 Å². The Morgan fingerprint density at radius 3 is 1.80 bits per heavy atom. The van der Waals surface area contributed by atoms with Gasteiger partial charge in [0.15, 0.2) is 0 Å². The summed E-state index contributed by atoms with van der Waals surface area (Å²) in [6.45, 7) is 9.60. The van der Waals surface area contributed by atoms with Crippen molar-refractivity contribution in [2.45, 2.75) is 84.2 Å². The Labute approximate surface area is 177 Å². The normalized spacial score (nSPS) is 13.8. The number of hydrogen-bond acceptors (Lipinski definition) is 6. The Morgan fingerprint density at radius 2 is 1.40 bits per heavy atom. The monoisotopic (exact) mass is 423 g/mol. The fraction of sp³-hybridized carbons (Fsp3) is 0.591. The van der Waals surface area contributed by atoms with Crippen molar-refractivity contribution < 1.29 is 34.1 Å². The van der Waals surface area contributed by atoms with E-state index in [2.05, 4.69) is 0 Å². The van der Waals surface area contributed by atoms with E-state index < -0.39 is 41.5 Å². The van der Waals surface area contributed by atoms with Crippen molar-refractivity contribution in [2.24, 2.45) is 0 Å². The SMILES string of the molecule is CC(C)(C)OC(=O)N(C(=O)OC(C)(C)C)C(CC(O)CCc1ccccc1)C(=O)O. The molecule has 2 unspecified atom stereocenters. The summed E-state index contributed by atoms with van der Waals surface area (Å²) >= 11 is 0. The molecule has 8 heteroatoms. The molecule has 0 heterocycles. The highest BCUT2D eigenvalue weighted by Crippen LogP contribution is 2.20. The lowest BCUT2D eigenvalue weighted by Gasteiger charge is -2.32. The Hall–Kier alpha value is -2.61. The number of aliphatic carboxylic acids is 1. The second-order valence-corrected chi connectivity index (χ2v) is 9.10. The van der Waals surface area contributed by atoms with Crippen LogP contribution >= 0.6 is 0 Å². The lowest BCUT2D eigenvalue weighted by molar-refractivity contribution is -0.144. The lowest BCUT2D eigenvalue weighted by atomic mass is 10.0. The predicted molar refractivity (Wildman–Crippen MR) is 111 cm³/mol. The van der Waals surface area contributed by atoms with E-state index in [0.717, 1.165) is 5.56 Å². The van der Waals surface area contributed by atoms with Crippen LogP contribution in [0.25, 0.3) is 0 Å². The fourth-order valence-corrected chi connectivity index (χ4v) is 2.62. The van der Waals surface area contributed by atoms with Crippen LogP contribution in [0.4, 0.5) is 9.59 Å². The van der Waals surface area contributed by atoms with Gasteiger partial charge < -0.3 is 19.7 Å². The minimum Gasteiger partial charge on any atom is -0.480 e. The largest absolute Gasteiger partial charge is 0.480 e. The van der Waals surface area contributed by atoms with Gasteiger partial charge in [0.05, 0.1) is 6.10 Å². The molecule has 0 aliphatic heterocycles. The maximum absolute atomic E-state index is 12.7. The Morgan fingerprint density at radius 1 is 0.933 bits per heavy atom. The summed E-state index contributed by atoms with van der Waals surface area (Å²) in [5.74, 6) is -1.44. The first-order valence-electron chi connectivity index (χ1n) is 9.89. The van der Waals surface area contributed by atoms with Crippen LogP contribution in [0.3, 0.4) is 0 Å². The van der Waals surface area contributed by atoms with Crippen LogP contribution < -0.4 is 0 Å². The number of carbonyl (C=O) groups excluding carboxylic acids is 2. The molecular weight excluding hydrogens is 390 g/mol. The number of aliphatic hydroxyl groups is 1. The molecule has 168 valence electrons. The van der Waals surface area contributed by atoms with E-state index in [9.17, 15) is 24.6 Å². The lowest BCUT2D eigenvalue weighted by Crippen LogP contribution is -2.53. The summed E-state index contributed by atoms with van der Waals surface area (Å²) in [7, 11) is 0. The van der Waals surface area contributed by atoms with Crippen molar-refractivity contribution in [1.82, 2.24) is 4.90 Å². The molecule has 1 rings (SSSR count). The number of ether oxygens (including phenoxy) is 2. The number of imide groups is 1. The van der Waals surface area contributed by atoms with E-state index in [1.165, 1.54) is 0 Å².